The molecular formula is C27H43NO4. The van der Waals surface area contributed by atoms with Gasteiger partial charge in [0.2, 0.25) is 5.91 Å². The molecule has 5 heteroatoms. The van der Waals surface area contributed by atoms with Gasteiger partial charge in [-0.25, -0.2) is 4.79 Å². The largest absolute Gasteiger partial charge is 0.458 e. The second-order valence-corrected chi connectivity index (χ2v) is 8.49. The van der Waals surface area contributed by atoms with Crippen LogP contribution in [0.25, 0.3) is 0 Å². The number of ether oxygens (including phenoxy) is 1. The van der Waals surface area contributed by atoms with Crippen LogP contribution < -0.4 is 5.32 Å². The van der Waals surface area contributed by atoms with Crippen molar-refractivity contribution in [2.24, 2.45) is 0 Å². The molecule has 2 N–H and O–H groups in total. The number of carbonyl (C=O) groups excluding carboxylic acids is 2. The van der Waals surface area contributed by atoms with Crippen LogP contribution in [0.5, 0.6) is 0 Å². The van der Waals surface area contributed by atoms with Crippen LogP contribution in [-0.2, 0) is 20.9 Å². The fourth-order valence-electron chi connectivity index (χ4n) is 3.49. The van der Waals surface area contributed by atoms with Gasteiger partial charge >= 0.3 is 5.97 Å². The molecule has 0 aliphatic rings. The van der Waals surface area contributed by atoms with Crippen molar-refractivity contribution in [1.82, 2.24) is 5.32 Å². The van der Waals surface area contributed by atoms with Gasteiger partial charge in [0.15, 0.2) is 0 Å². The summed E-state index contributed by atoms with van der Waals surface area (Å²) in [6, 6.07) is 9.21. The molecule has 0 saturated heterocycles. The fourth-order valence-corrected chi connectivity index (χ4v) is 3.49. The molecule has 0 aliphatic carbocycles. The van der Waals surface area contributed by atoms with Gasteiger partial charge in [-0.05, 0) is 18.4 Å². The first-order valence-electron chi connectivity index (χ1n) is 12.4. The zero-order valence-electron chi connectivity index (χ0n) is 20.1. The first kappa shape index (κ1) is 27.9. The molecule has 0 bridgehead atoms. The summed E-state index contributed by atoms with van der Waals surface area (Å²) < 4.78 is 5.25. The van der Waals surface area contributed by atoms with E-state index in [1.807, 2.05) is 30.3 Å². The third kappa shape index (κ3) is 14.0. The van der Waals surface area contributed by atoms with E-state index in [2.05, 4.69) is 19.2 Å². The Morgan fingerprint density at radius 2 is 1.53 bits per heavy atom. The van der Waals surface area contributed by atoms with Crippen molar-refractivity contribution in [3.8, 4) is 0 Å². The monoisotopic (exact) mass is 445 g/mol. The number of carbonyl (C=O) groups is 2. The summed E-state index contributed by atoms with van der Waals surface area (Å²) in [5.74, 6) is -0.805. The third-order valence-electron chi connectivity index (χ3n) is 5.52. The van der Waals surface area contributed by atoms with E-state index < -0.39 is 12.1 Å². The quantitative estimate of drug-likeness (QED) is 0.169. The van der Waals surface area contributed by atoms with Crippen molar-refractivity contribution in [3.63, 3.8) is 0 Å². The Bertz CT molecular complexity index is 644. The molecule has 1 rings (SSSR count). The van der Waals surface area contributed by atoms with Crippen molar-refractivity contribution in [1.29, 1.82) is 0 Å². The lowest BCUT2D eigenvalue weighted by Crippen LogP contribution is -2.40. The smallest absolute Gasteiger partial charge is 0.330 e. The van der Waals surface area contributed by atoms with E-state index in [9.17, 15) is 14.7 Å². The minimum absolute atomic E-state index is 0.216. The molecule has 1 aromatic rings. The number of amides is 1. The summed E-state index contributed by atoms with van der Waals surface area (Å²) in [5, 5.41) is 13.1. The number of rotatable bonds is 18. The van der Waals surface area contributed by atoms with Crippen molar-refractivity contribution in [2.45, 2.75) is 110 Å². The normalized spacial score (nSPS) is 13.1. The Morgan fingerprint density at radius 3 is 2.19 bits per heavy atom. The highest BCUT2D eigenvalue weighted by Crippen LogP contribution is 2.11. The number of benzene rings is 1. The summed E-state index contributed by atoms with van der Waals surface area (Å²) in [6.45, 7) is 4.51. The standard InChI is InChI=1S/C27H43NO4/c1-3-5-7-8-9-10-11-15-19-25(29)27(31)28-24(18-6-4-2)20-21-26(30)32-22-23-16-13-12-14-17-23/h12-14,16-17,20-21,24-25,29H,3-11,15,18-19,22H2,1-2H3,(H,28,31)/b21-20+/t24-,25?/m0/s1. The van der Waals surface area contributed by atoms with Gasteiger partial charge in [0.05, 0.1) is 0 Å². The van der Waals surface area contributed by atoms with Crippen LogP contribution in [0.1, 0.15) is 96.5 Å². The van der Waals surface area contributed by atoms with Crippen molar-refractivity contribution in [2.75, 3.05) is 0 Å². The van der Waals surface area contributed by atoms with Gasteiger partial charge in [-0.15, -0.1) is 0 Å². The van der Waals surface area contributed by atoms with Crippen LogP contribution in [0.15, 0.2) is 42.5 Å². The summed E-state index contributed by atoms with van der Waals surface area (Å²) in [6.07, 6.45) is 14.5. The molecule has 0 spiro atoms. The second-order valence-electron chi connectivity index (χ2n) is 8.49. The predicted octanol–water partition coefficient (Wildman–Crippen LogP) is 5.85. The molecule has 32 heavy (non-hydrogen) atoms. The van der Waals surface area contributed by atoms with Gasteiger partial charge in [-0.3, -0.25) is 4.79 Å². The average Bonchev–Trinajstić information content (AvgIpc) is 2.81. The third-order valence-corrected chi connectivity index (χ3v) is 5.52. The van der Waals surface area contributed by atoms with E-state index >= 15 is 0 Å². The summed E-state index contributed by atoms with van der Waals surface area (Å²) >= 11 is 0. The molecule has 0 heterocycles. The molecule has 1 amide bonds. The molecule has 5 nitrogen and oxygen atoms in total. The summed E-state index contributed by atoms with van der Waals surface area (Å²) in [7, 11) is 0. The Kier molecular flexibility index (Phi) is 16.1. The molecule has 0 aliphatic heterocycles. The lowest BCUT2D eigenvalue weighted by molar-refractivity contribution is -0.139. The number of nitrogens with one attached hydrogen (secondary N) is 1. The van der Waals surface area contributed by atoms with Gasteiger partial charge in [0, 0.05) is 12.1 Å². The number of hydrogen-bond donors (Lipinski definition) is 2. The van der Waals surface area contributed by atoms with Crippen molar-refractivity contribution >= 4 is 11.9 Å². The van der Waals surface area contributed by atoms with E-state index in [0.29, 0.717) is 6.42 Å². The number of aliphatic hydroxyl groups excluding tert-OH is 1. The zero-order chi connectivity index (χ0) is 23.4. The molecular weight excluding hydrogens is 402 g/mol. The minimum Gasteiger partial charge on any atom is -0.458 e. The van der Waals surface area contributed by atoms with Gasteiger partial charge in [-0.2, -0.15) is 0 Å². The predicted molar refractivity (Wildman–Crippen MR) is 130 cm³/mol. The fraction of sp³-hybridized carbons (Fsp3) is 0.630. The average molecular weight is 446 g/mol. The number of aliphatic hydroxyl groups is 1. The van der Waals surface area contributed by atoms with Crippen molar-refractivity contribution in [3.05, 3.63) is 48.0 Å². The zero-order valence-corrected chi connectivity index (χ0v) is 20.1. The first-order valence-corrected chi connectivity index (χ1v) is 12.4. The molecule has 1 aromatic carbocycles. The minimum atomic E-state index is -1.00. The van der Waals surface area contributed by atoms with E-state index in [4.69, 9.17) is 4.74 Å². The van der Waals surface area contributed by atoms with Crippen molar-refractivity contribution < 1.29 is 19.4 Å². The van der Waals surface area contributed by atoms with Gasteiger partial charge in [0.1, 0.15) is 12.7 Å². The second kappa shape index (κ2) is 18.4. The van der Waals surface area contributed by atoms with E-state index in [1.165, 1.54) is 38.2 Å². The molecule has 0 saturated carbocycles. The maximum absolute atomic E-state index is 12.4. The van der Waals surface area contributed by atoms with Gasteiger partial charge < -0.3 is 15.2 Å². The summed E-state index contributed by atoms with van der Waals surface area (Å²) in [5.41, 5.74) is 0.925. The van der Waals surface area contributed by atoms with E-state index in [0.717, 1.165) is 44.1 Å². The van der Waals surface area contributed by atoms with Gasteiger partial charge in [0.25, 0.3) is 0 Å². The van der Waals surface area contributed by atoms with E-state index in [-0.39, 0.29) is 18.6 Å². The molecule has 1 unspecified atom stereocenters. The van der Waals surface area contributed by atoms with Gasteiger partial charge in [-0.1, -0.05) is 114 Å². The Balaban J connectivity index is 2.35. The number of unbranched alkanes of at least 4 members (excludes halogenated alkanes) is 8. The van der Waals surface area contributed by atoms with Crippen LogP contribution in [0, 0.1) is 0 Å². The lowest BCUT2D eigenvalue weighted by Gasteiger charge is -2.18. The maximum Gasteiger partial charge on any atom is 0.330 e. The molecule has 180 valence electrons. The van der Waals surface area contributed by atoms with Crippen LogP contribution in [0.2, 0.25) is 0 Å². The highest BCUT2D eigenvalue weighted by atomic mass is 16.5. The Hall–Kier alpha value is -2.14. The maximum atomic E-state index is 12.4. The highest BCUT2D eigenvalue weighted by Gasteiger charge is 2.17. The topological polar surface area (TPSA) is 75.6 Å². The number of hydrogen-bond acceptors (Lipinski definition) is 4. The first-order chi connectivity index (χ1) is 15.6. The molecule has 0 radical (unpaired) electrons. The lowest BCUT2D eigenvalue weighted by atomic mass is 10.0. The van der Waals surface area contributed by atoms with Crippen LogP contribution in [-0.4, -0.2) is 29.1 Å². The molecule has 0 aromatic heterocycles. The van der Waals surface area contributed by atoms with E-state index in [1.54, 1.807) is 6.08 Å². The SMILES string of the molecule is CCCCCCCCCCC(O)C(=O)N[C@H](/C=C/C(=O)OCc1ccccc1)CCCC. The van der Waals surface area contributed by atoms with Crippen LogP contribution in [0.3, 0.4) is 0 Å². The Morgan fingerprint density at radius 1 is 0.906 bits per heavy atom. The number of esters is 1. The van der Waals surface area contributed by atoms with Crippen LogP contribution in [0.4, 0.5) is 0 Å². The Labute approximate surface area is 194 Å². The molecule has 2 atom stereocenters. The molecule has 0 fully saturated rings. The summed E-state index contributed by atoms with van der Waals surface area (Å²) in [4.78, 5) is 24.4. The van der Waals surface area contributed by atoms with Crippen LogP contribution >= 0.6 is 0 Å². The highest BCUT2D eigenvalue weighted by molar-refractivity contribution is 5.83.